The molecule has 0 unspecified atom stereocenters. The molecule has 0 spiro atoms. The minimum atomic E-state index is 0.465. The monoisotopic (exact) mass is 268 g/mol. The molecule has 0 saturated carbocycles. The Morgan fingerprint density at radius 3 is 2.44 bits per heavy atom. The summed E-state index contributed by atoms with van der Waals surface area (Å²) in [6.45, 7) is 10.6. The van der Waals surface area contributed by atoms with Gasteiger partial charge in [0, 0.05) is 35.9 Å². The van der Waals surface area contributed by atoms with E-state index >= 15 is 0 Å². The molecule has 1 aromatic carbocycles. The minimum Gasteiger partial charge on any atom is -0.372 e. The molecule has 0 fully saturated rings. The molecule has 2 nitrogen and oxygen atoms in total. The molecule has 1 N–H and O–H groups in total. The largest absolute Gasteiger partial charge is 0.372 e. The Kier molecular flexibility index (Phi) is 5.97. The Bertz CT molecular complexity index is 375. The zero-order valence-electron chi connectivity index (χ0n) is 12.1. The van der Waals surface area contributed by atoms with Crippen LogP contribution in [0.1, 0.15) is 33.3 Å². The van der Waals surface area contributed by atoms with Crippen LogP contribution in [-0.2, 0) is 6.54 Å². The molecule has 0 atom stereocenters. The van der Waals surface area contributed by atoms with Crippen molar-refractivity contribution in [2.24, 2.45) is 5.92 Å². The van der Waals surface area contributed by atoms with Crippen molar-refractivity contribution in [3.05, 3.63) is 28.8 Å². The minimum absolute atomic E-state index is 0.465. The van der Waals surface area contributed by atoms with Crippen LogP contribution in [0.2, 0.25) is 5.02 Å². The Hall–Kier alpha value is -0.730. The van der Waals surface area contributed by atoms with Crippen molar-refractivity contribution in [3.63, 3.8) is 0 Å². The molecule has 0 heterocycles. The lowest BCUT2D eigenvalue weighted by Crippen LogP contribution is -2.28. The van der Waals surface area contributed by atoms with Gasteiger partial charge in [-0.2, -0.15) is 0 Å². The lowest BCUT2D eigenvalue weighted by Gasteiger charge is -2.27. The van der Waals surface area contributed by atoms with Gasteiger partial charge in [-0.15, -0.1) is 0 Å². The molecule has 3 heteroatoms. The first-order valence-corrected chi connectivity index (χ1v) is 7.02. The molecule has 0 aliphatic rings. The number of hydrogen-bond donors (Lipinski definition) is 1. The molecule has 0 radical (unpaired) electrons. The highest BCUT2D eigenvalue weighted by molar-refractivity contribution is 6.31. The van der Waals surface area contributed by atoms with E-state index in [9.17, 15) is 0 Å². The molecular formula is C15H25ClN2. The van der Waals surface area contributed by atoms with Gasteiger partial charge in [0.2, 0.25) is 0 Å². The molecule has 0 aliphatic heterocycles. The van der Waals surface area contributed by atoms with Crippen LogP contribution < -0.4 is 10.2 Å². The average Bonchev–Trinajstić information content (AvgIpc) is 2.29. The first-order valence-electron chi connectivity index (χ1n) is 6.64. The first kappa shape index (κ1) is 15.3. The van der Waals surface area contributed by atoms with Crippen molar-refractivity contribution in [1.29, 1.82) is 0 Å². The lowest BCUT2D eigenvalue weighted by atomic mass is 10.1. The van der Waals surface area contributed by atoms with Gasteiger partial charge in [0.15, 0.2) is 0 Å². The predicted molar refractivity (Wildman–Crippen MR) is 81.5 cm³/mol. The van der Waals surface area contributed by atoms with E-state index in [4.69, 9.17) is 11.6 Å². The molecule has 0 saturated heterocycles. The van der Waals surface area contributed by atoms with Crippen LogP contribution in [0.3, 0.4) is 0 Å². The number of anilines is 1. The third kappa shape index (κ3) is 4.18. The molecule has 0 amide bonds. The zero-order chi connectivity index (χ0) is 13.7. The summed E-state index contributed by atoms with van der Waals surface area (Å²) >= 11 is 6.33. The molecule has 0 aliphatic carbocycles. The lowest BCUT2D eigenvalue weighted by molar-refractivity contribution is 0.551. The average molecular weight is 269 g/mol. The van der Waals surface area contributed by atoms with Gasteiger partial charge in [-0.3, -0.25) is 0 Å². The van der Waals surface area contributed by atoms with Crippen LogP contribution in [0.25, 0.3) is 0 Å². The Morgan fingerprint density at radius 2 is 1.89 bits per heavy atom. The number of halogens is 1. The second-order valence-corrected chi connectivity index (χ2v) is 5.87. The number of nitrogens with one attached hydrogen (secondary N) is 1. The summed E-state index contributed by atoms with van der Waals surface area (Å²) in [5.74, 6) is 0.652. The highest BCUT2D eigenvalue weighted by Crippen LogP contribution is 2.27. The third-order valence-corrected chi connectivity index (χ3v) is 3.46. The fourth-order valence-electron chi connectivity index (χ4n) is 1.82. The van der Waals surface area contributed by atoms with Crippen molar-refractivity contribution < 1.29 is 0 Å². The van der Waals surface area contributed by atoms with Crippen LogP contribution in [0.5, 0.6) is 0 Å². The van der Waals surface area contributed by atoms with Crippen LogP contribution in [0.15, 0.2) is 18.2 Å². The van der Waals surface area contributed by atoms with Crippen LogP contribution in [0.4, 0.5) is 5.69 Å². The third-order valence-electron chi connectivity index (χ3n) is 3.10. The second-order valence-electron chi connectivity index (χ2n) is 5.47. The van der Waals surface area contributed by atoms with Crippen molar-refractivity contribution in [2.45, 2.75) is 40.3 Å². The normalized spacial score (nSPS) is 11.3. The maximum Gasteiger partial charge on any atom is 0.0471 e. The van der Waals surface area contributed by atoms with Crippen LogP contribution in [0, 0.1) is 5.92 Å². The summed E-state index contributed by atoms with van der Waals surface area (Å²) in [4.78, 5) is 2.26. The molecule has 1 rings (SSSR count). The van der Waals surface area contributed by atoms with E-state index in [-0.39, 0.29) is 0 Å². The second kappa shape index (κ2) is 7.01. The molecule has 18 heavy (non-hydrogen) atoms. The summed E-state index contributed by atoms with van der Waals surface area (Å²) in [6, 6.07) is 6.58. The smallest absolute Gasteiger partial charge is 0.0471 e. The Morgan fingerprint density at radius 1 is 1.22 bits per heavy atom. The van der Waals surface area contributed by atoms with Gasteiger partial charge in [-0.25, -0.2) is 0 Å². The van der Waals surface area contributed by atoms with E-state index in [0.717, 1.165) is 18.1 Å². The first-order chi connectivity index (χ1) is 8.43. The van der Waals surface area contributed by atoms with Gasteiger partial charge in [0.25, 0.3) is 0 Å². The molecule has 1 aromatic rings. The summed E-state index contributed by atoms with van der Waals surface area (Å²) in [5.41, 5.74) is 2.41. The number of benzene rings is 1. The maximum absolute atomic E-state index is 6.33. The maximum atomic E-state index is 6.33. The van der Waals surface area contributed by atoms with Gasteiger partial charge < -0.3 is 10.2 Å². The number of rotatable bonds is 6. The predicted octanol–water partition coefficient (Wildman–Crippen LogP) is 3.93. The fourth-order valence-corrected chi connectivity index (χ4v) is 2.05. The fraction of sp³-hybridized carbons (Fsp3) is 0.600. The van der Waals surface area contributed by atoms with Crippen molar-refractivity contribution in [2.75, 3.05) is 18.5 Å². The summed E-state index contributed by atoms with van der Waals surface area (Å²) < 4.78 is 0. The number of hydrogen-bond acceptors (Lipinski definition) is 2. The van der Waals surface area contributed by atoms with Gasteiger partial charge >= 0.3 is 0 Å². The van der Waals surface area contributed by atoms with Crippen molar-refractivity contribution in [3.8, 4) is 0 Å². The Balaban J connectivity index is 2.87. The van der Waals surface area contributed by atoms with Crippen molar-refractivity contribution in [1.82, 2.24) is 5.32 Å². The van der Waals surface area contributed by atoms with E-state index in [0.29, 0.717) is 12.0 Å². The van der Waals surface area contributed by atoms with E-state index < -0.39 is 0 Å². The van der Waals surface area contributed by atoms with Gasteiger partial charge in [-0.1, -0.05) is 31.5 Å². The number of nitrogens with zero attached hydrogens (tertiary/aromatic N) is 1. The van der Waals surface area contributed by atoms with Crippen LogP contribution in [-0.4, -0.2) is 19.6 Å². The van der Waals surface area contributed by atoms with Gasteiger partial charge in [-0.05, 0) is 38.4 Å². The van der Waals surface area contributed by atoms with Gasteiger partial charge in [0.05, 0.1) is 0 Å². The molecule has 0 bridgehead atoms. The van der Waals surface area contributed by atoms with E-state index in [1.165, 1.54) is 11.3 Å². The van der Waals surface area contributed by atoms with Crippen molar-refractivity contribution >= 4 is 17.3 Å². The highest BCUT2D eigenvalue weighted by Gasteiger charge is 2.12. The molecular weight excluding hydrogens is 244 g/mol. The summed E-state index contributed by atoms with van der Waals surface area (Å²) in [6.07, 6.45) is 0. The highest BCUT2D eigenvalue weighted by atomic mass is 35.5. The summed E-state index contributed by atoms with van der Waals surface area (Å²) in [5, 5.41) is 4.31. The standard InChI is InChI=1S/C15H25ClN2/c1-11(2)9-17-10-13-14(16)7-6-8-15(13)18(5)12(3)4/h6-8,11-12,17H,9-10H2,1-5H3. The topological polar surface area (TPSA) is 15.3 Å². The van der Waals surface area contributed by atoms with E-state index in [2.05, 4.69) is 51.0 Å². The van der Waals surface area contributed by atoms with Gasteiger partial charge in [0.1, 0.15) is 0 Å². The van der Waals surface area contributed by atoms with E-state index in [1.807, 2.05) is 12.1 Å². The molecule has 102 valence electrons. The Labute approximate surface area is 116 Å². The SMILES string of the molecule is CC(C)CNCc1c(Cl)cccc1N(C)C(C)C. The summed E-state index contributed by atoms with van der Waals surface area (Å²) in [7, 11) is 2.11. The molecule has 0 aromatic heterocycles. The van der Waals surface area contributed by atoms with Crippen LogP contribution >= 0.6 is 11.6 Å². The quantitative estimate of drug-likeness (QED) is 0.841. The van der Waals surface area contributed by atoms with E-state index in [1.54, 1.807) is 0 Å². The zero-order valence-corrected chi connectivity index (χ0v) is 12.9.